The van der Waals surface area contributed by atoms with E-state index in [1.54, 1.807) is 17.8 Å². The topological polar surface area (TPSA) is 29.1 Å². The lowest BCUT2D eigenvalue weighted by Crippen LogP contribution is -2.11. The first-order chi connectivity index (χ1) is 9.61. The molecule has 1 atom stereocenters. The highest BCUT2D eigenvalue weighted by atomic mass is 35.5. The number of carbonyl (C=O) groups is 1. The van der Waals surface area contributed by atoms with Gasteiger partial charge in [-0.2, -0.15) is 0 Å². The van der Waals surface area contributed by atoms with Gasteiger partial charge >= 0.3 is 0 Å². The van der Waals surface area contributed by atoms with E-state index in [2.05, 4.69) is 5.32 Å². The molecule has 2 aromatic rings. The smallest absolute Gasteiger partial charge is 0.225 e. The van der Waals surface area contributed by atoms with Crippen LogP contribution in [0, 0.1) is 0 Å². The molecule has 0 fully saturated rings. The first kappa shape index (κ1) is 13.8. The van der Waals surface area contributed by atoms with Gasteiger partial charge in [0.1, 0.15) is 0 Å². The standard InChI is InChI=1S/C15H11Cl2NOS/c16-10-5-9(6-11(17)7-10)14-8-15(19)18-12-3-1-2-4-13(12)20-14/h1-7,14H,8H2,(H,18,19)/t14-/m0/s1. The average molecular weight is 324 g/mol. The Hall–Kier alpha value is -1.16. The maximum absolute atomic E-state index is 12.0. The van der Waals surface area contributed by atoms with Gasteiger partial charge in [-0.05, 0) is 35.9 Å². The molecular weight excluding hydrogens is 313 g/mol. The Morgan fingerprint density at radius 3 is 2.55 bits per heavy atom. The quantitative estimate of drug-likeness (QED) is 0.784. The van der Waals surface area contributed by atoms with Crippen molar-refractivity contribution in [2.24, 2.45) is 0 Å². The molecule has 0 radical (unpaired) electrons. The highest BCUT2D eigenvalue weighted by Gasteiger charge is 2.23. The summed E-state index contributed by atoms with van der Waals surface area (Å²) in [5, 5.41) is 4.11. The highest BCUT2D eigenvalue weighted by molar-refractivity contribution is 7.99. The lowest BCUT2D eigenvalue weighted by Gasteiger charge is -2.14. The monoisotopic (exact) mass is 323 g/mol. The molecule has 1 heterocycles. The van der Waals surface area contributed by atoms with Gasteiger partial charge in [0, 0.05) is 26.6 Å². The van der Waals surface area contributed by atoms with Gasteiger partial charge in [-0.15, -0.1) is 11.8 Å². The molecular formula is C15H11Cl2NOS. The van der Waals surface area contributed by atoms with Crippen molar-refractivity contribution in [1.29, 1.82) is 0 Å². The number of hydrogen-bond donors (Lipinski definition) is 1. The maximum Gasteiger partial charge on any atom is 0.225 e. The summed E-state index contributed by atoms with van der Waals surface area (Å²) in [7, 11) is 0. The van der Waals surface area contributed by atoms with Gasteiger partial charge in [-0.3, -0.25) is 4.79 Å². The van der Waals surface area contributed by atoms with E-state index in [1.807, 2.05) is 36.4 Å². The first-order valence-corrected chi connectivity index (χ1v) is 7.77. The third kappa shape index (κ3) is 2.95. The van der Waals surface area contributed by atoms with Crippen molar-refractivity contribution in [3.63, 3.8) is 0 Å². The number of fused-ring (bicyclic) bond motifs is 1. The summed E-state index contributed by atoms with van der Waals surface area (Å²) in [6.45, 7) is 0. The zero-order valence-corrected chi connectivity index (χ0v) is 12.7. The summed E-state index contributed by atoms with van der Waals surface area (Å²) >= 11 is 13.8. The molecule has 2 aromatic carbocycles. The minimum atomic E-state index is 0.00329. The van der Waals surface area contributed by atoms with Gasteiger partial charge < -0.3 is 5.32 Å². The van der Waals surface area contributed by atoms with Gasteiger partial charge in [0.25, 0.3) is 0 Å². The second kappa shape index (κ2) is 5.68. The van der Waals surface area contributed by atoms with E-state index in [-0.39, 0.29) is 11.2 Å². The molecule has 1 aliphatic rings. The van der Waals surface area contributed by atoms with E-state index in [4.69, 9.17) is 23.2 Å². The Morgan fingerprint density at radius 2 is 1.80 bits per heavy atom. The highest BCUT2D eigenvalue weighted by Crippen LogP contribution is 2.44. The van der Waals surface area contributed by atoms with Crippen molar-refractivity contribution in [2.45, 2.75) is 16.6 Å². The van der Waals surface area contributed by atoms with Gasteiger partial charge in [0.15, 0.2) is 0 Å². The Kier molecular flexibility index (Phi) is 3.92. The number of benzene rings is 2. The van der Waals surface area contributed by atoms with Crippen LogP contribution in [0.25, 0.3) is 0 Å². The number of thioether (sulfide) groups is 1. The fourth-order valence-corrected chi connectivity index (χ4v) is 3.94. The molecule has 5 heteroatoms. The van der Waals surface area contributed by atoms with Gasteiger partial charge in [-0.25, -0.2) is 0 Å². The van der Waals surface area contributed by atoms with Crippen molar-refractivity contribution in [3.8, 4) is 0 Å². The third-order valence-electron chi connectivity index (χ3n) is 3.06. The molecule has 1 amide bonds. The summed E-state index contributed by atoms with van der Waals surface area (Å²) in [6.07, 6.45) is 0.399. The van der Waals surface area contributed by atoms with Crippen LogP contribution < -0.4 is 5.32 Å². The molecule has 0 bridgehead atoms. The second-order valence-electron chi connectivity index (χ2n) is 4.56. The average Bonchev–Trinajstić information content (AvgIpc) is 2.55. The summed E-state index contributed by atoms with van der Waals surface area (Å²) in [5.41, 5.74) is 1.83. The van der Waals surface area contributed by atoms with Crippen LogP contribution in [0.1, 0.15) is 17.2 Å². The van der Waals surface area contributed by atoms with E-state index in [1.165, 1.54) is 0 Å². The number of amides is 1. The third-order valence-corrected chi connectivity index (χ3v) is 4.83. The molecule has 20 heavy (non-hydrogen) atoms. The number of carbonyl (C=O) groups excluding carboxylic acids is 1. The van der Waals surface area contributed by atoms with Crippen LogP contribution in [0.4, 0.5) is 5.69 Å². The molecule has 1 aliphatic heterocycles. The Morgan fingerprint density at radius 1 is 1.10 bits per heavy atom. The van der Waals surface area contributed by atoms with Crippen LogP contribution >= 0.6 is 35.0 Å². The molecule has 3 rings (SSSR count). The second-order valence-corrected chi connectivity index (χ2v) is 6.68. The van der Waals surface area contributed by atoms with Crippen LogP contribution in [-0.4, -0.2) is 5.91 Å². The number of halogens is 2. The van der Waals surface area contributed by atoms with Crippen molar-refractivity contribution in [1.82, 2.24) is 0 Å². The molecule has 0 saturated carbocycles. The van der Waals surface area contributed by atoms with Crippen LogP contribution in [0.5, 0.6) is 0 Å². The van der Waals surface area contributed by atoms with Crippen LogP contribution in [-0.2, 0) is 4.79 Å². The molecule has 0 aromatic heterocycles. The number of nitrogens with one attached hydrogen (secondary N) is 1. The lowest BCUT2D eigenvalue weighted by molar-refractivity contribution is -0.116. The Balaban J connectivity index is 2.00. The van der Waals surface area contributed by atoms with Crippen LogP contribution in [0.15, 0.2) is 47.4 Å². The van der Waals surface area contributed by atoms with Crippen molar-refractivity contribution >= 4 is 46.6 Å². The Bertz CT molecular complexity index is 654. The summed E-state index contributed by atoms with van der Waals surface area (Å²) < 4.78 is 0. The summed E-state index contributed by atoms with van der Waals surface area (Å²) in [5.74, 6) is 0.00329. The number of anilines is 1. The zero-order chi connectivity index (χ0) is 14.1. The van der Waals surface area contributed by atoms with Crippen LogP contribution in [0.3, 0.4) is 0 Å². The van der Waals surface area contributed by atoms with E-state index in [0.717, 1.165) is 16.1 Å². The van der Waals surface area contributed by atoms with E-state index >= 15 is 0 Å². The fraction of sp³-hybridized carbons (Fsp3) is 0.133. The first-order valence-electron chi connectivity index (χ1n) is 6.13. The Labute approximate surface area is 131 Å². The predicted octanol–water partition coefficient (Wildman–Crippen LogP) is 5.17. The SMILES string of the molecule is O=C1C[C@@H](c2cc(Cl)cc(Cl)c2)Sc2ccccc2N1. The van der Waals surface area contributed by atoms with Crippen LogP contribution in [0.2, 0.25) is 10.0 Å². The predicted molar refractivity (Wildman–Crippen MR) is 84.7 cm³/mol. The fourth-order valence-electron chi connectivity index (χ4n) is 2.18. The zero-order valence-electron chi connectivity index (χ0n) is 10.4. The minimum absolute atomic E-state index is 0.00329. The number of hydrogen-bond acceptors (Lipinski definition) is 2. The molecule has 0 saturated heterocycles. The maximum atomic E-state index is 12.0. The normalized spacial score (nSPS) is 18.1. The molecule has 0 aliphatic carbocycles. The largest absolute Gasteiger partial charge is 0.325 e. The summed E-state index contributed by atoms with van der Waals surface area (Å²) in [6, 6.07) is 13.2. The molecule has 0 spiro atoms. The van der Waals surface area contributed by atoms with Crippen molar-refractivity contribution in [3.05, 3.63) is 58.1 Å². The molecule has 1 N–H and O–H groups in total. The number of rotatable bonds is 1. The molecule has 102 valence electrons. The molecule has 2 nitrogen and oxygen atoms in total. The van der Waals surface area contributed by atoms with E-state index in [0.29, 0.717) is 16.5 Å². The van der Waals surface area contributed by atoms with E-state index < -0.39 is 0 Å². The van der Waals surface area contributed by atoms with E-state index in [9.17, 15) is 4.79 Å². The summed E-state index contributed by atoms with van der Waals surface area (Å²) in [4.78, 5) is 13.1. The lowest BCUT2D eigenvalue weighted by atomic mass is 10.1. The van der Waals surface area contributed by atoms with Crippen molar-refractivity contribution in [2.75, 3.05) is 5.32 Å². The minimum Gasteiger partial charge on any atom is -0.325 e. The van der Waals surface area contributed by atoms with Gasteiger partial charge in [-0.1, -0.05) is 35.3 Å². The molecule has 0 unspecified atom stereocenters. The van der Waals surface area contributed by atoms with Gasteiger partial charge in [0.05, 0.1) is 5.69 Å². The van der Waals surface area contributed by atoms with Gasteiger partial charge in [0.2, 0.25) is 5.91 Å². The van der Waals surface area contributed by atoms with Crippen molar-refractivity contribution < 1.29 is 4.79 Å². The number of para-hydroxylation sites is 1.